The maximum Gasteiger partial charge on any atom is 0.435 e. The van der Waals surface area contributed by atoms with Crippen LogP contribution in [-0.4, -0.2) is 54.0 Å². The number of carbonyl (C=O) groups is 1. The number of amides is 2. The summed E-state index contributed by atoms with van der Waals surface area (Å²) >= 11 is 6.00. The number of rotatable bonds is 5. The van der Waals surface area contributed by atoms with Crippen LogP contribution in [0, 0.1) is 0 Å². The van der Waals surface area contributed by atoms with Crippen molar-refractivity contribution in [3.8, 4) is 11.4 Å². The lowest BCUT2D eigenvalue weighted by molar-refractivity contribution is -0.141. The van der Waals surface area contributed by atoms with Crippen molar-refractivity contribution in [3.05, 3.63) is 71.0 Å². The summed E-state index contributed by atoms with van der Waals surface area (Å²) in [6, 6.07) is 14.6. The number of halogens is 4. The lowest BCUT2D eigenvalue weighted by atomic mass is 10.2. The summed E-state index contributed by atoms with van der Waals surface area (Å²) < 4.78 is 46.3. The molecule has 4 rings (SSSR count). The monoisotopic (exact) mass is 493 g/mol. The highest BCUT2D eigenvalue weighted by Crippen LogP contribution is 2.30. The van der Waals surface area contributed by atoms with Crippen LogP contribution >= 0.6 is 11.6 Å². The molecule has 0 atom stereocenters. The van der Waals surface area contributed by atoms with Crippen molar-refractivity contribution in [2.75, 3.05) is 38.2 Å². The van der Waals surface area contributed by atoms with Crippen molar-refractivity contribution in [2.45, 2.75) is 12.7 Å². The highest BCUT2D eigenvalue weighted by molar-refractivity contribution is 6.30. The number of alkyl halides is 3. The molecular formula is C23H23ClF3N5O2. The fraction of sp³-hybridized carbons (Fsp3) is 0.304. The Labute approximate surface area is 199 Å². The Morgan fingerprint density at radius 1 is 1.06 bits per heavy atom. The number of hydrogen-bond donors (Lipinski definition) is 1. The normalized spacial score (nSPS) is 14.3. The Balaban J connectivity index is 1.41. The van der Waals surface area contributed by atoms with Crippen molar-refractivity contribution >= 4 is 23.3 Å². The Hall–Kier alpha value is -3.40. The Morgan fingerprint density at radius 3 is 2.44 bits per heavy atom. The summed E-state index contributed by atoms with van der Waals surface area (Å²) in [7, 11) is 1.61. The van der Waals surface area contributed by atoms with Crippen LogP contribution in [0.5, 0.6) is 5.75 Å². The van der Waals surface area contributed by atoms with Gasteiger partial charge in [-0.05, 0) is 36.4 Å². The molecule has 1 aliphatic heterocycles. The maximum absolute atomic E-state index is 13.3. The smallest absolute Gasteiger partial charge is 0.435 e. The van der Waals surface area contributed by atoms with E-state index in [-0.39, 0.29) is 18.3 Å². The summed E-state index contributed by atoms with van der Waals surface area (Å²) in [5, 5.41) is 6.78. The van der Waals surface area contributed by atoms with Gasteiger partial charge in [0, 0.05) is 43.0 Å². The van der Waals surface area contributed by atoms with Gasteiger partial charge in [-0.15, -0.1) is 0 Å². The van der Waals surface area contributed by atoms with Crippen LogP contribution in [0.1, 0.15) is 11.4 Å². The molecule has 1 fully saturated rings. The highest BCUT2D eigenvalue weighted by atomic mass is 35.5. The predicted molar refractivity (Wildman–Crippen MR) is 123 cm³/mol. The van der Waals surface area contributed by atoms with E-state index in [1.165, 1.54) is 6.07 Å². The highest BCUT2D eigenvalue weighted by Gasteiger charge is 2.35. The quantitative estimate of drug-likeness (QED) is 0.565. The molecule has 11 heteroatoms. The van der Waals surface area contributed by atoms with Crippen molar-refractivity contribution in [3.63, 3.8) is 0 Å². The van der Waals surface area contributed by atoms with Crippen LogP contribution in [0.25, 0.3) is 5.69 Å². The third-order valence-electron chi connectivity index (χ3n) is 5.53. The second-order valence-corrected chi connectivity index (χ2v) is 8.18. The first-order chi connectivity index (χ1) is 16.2. The average molecular weight is 494 g/mol. The number of nitrogens with one attached hydrogen (secondary N) is 1. The topological polar surface area (TPSA) is 62.6 Å². The van der Waals surface area contributed by atoms with Crippen molar-refractivity contribution in [2.24, 2.45) is 0 Å². The van der Waals surface area contributed by atoms with E-state index in [1.54, 1.807) is 30.2 Å². The molecule has 7 nitrogen and oxygen atoms in total. The second-order valence-electron chi connectivity index (χ2n) is 7.74. The SMILES string of the molecule is COc1cccc(N2CCN(C(=O)NCc3cc(C(F)(F)F)nn3-c3cccc(Cl)c3)CC2)c1. The fourth-order valence-electron chi connectivity index (χ4n) is 3.77. The standard InChI is InChI=1S/C23H23ClF3N5O2/c1-34-20-7-3-5-17(13-20)30-8-10-31(11-9-30)22(33)28-15-19-14-21(23(25,26)27)29-32(19)18-6-2-4-16(24)12-18/h2-7,12-14H,8-11,15H2,1H3,(H,28,33). The first-order valence-corrected chi connectivity index (χ1v) is 11.0. The number of methoxy groups -OCH3 is 1. The molecule has 34 heavy (non-hydrogen) atoms. The van der Waals surface area contributed by atoms with Gasteiger partial charge in [-0.25, -0.2) is 9.48 Å². The molecule has 0 bridgehead atoms. The van der Waals surface area contributed by atoms with Gasteiger partial charge >= 0.3 is 12.2 Å². The zero-order valence-electron chi connectivity index (χ0n) is 18.3. The third kappa shape index (κ3) is 5.39. The van der Waals surface area contributed by atoms with Crippen LogP contribution in [0.3, 0.4) is 0 Å². The molecule has 0 spiro atoms. The molecule has 0 radical (unpaired) electrons. The molecule has 1 N–H and O–H groups in total. The molecule has 2 amide bonds. The fourth-order valence-corrected chi connectivity index (χ4v) is 3.95. The molecule has 0 unspecified atom stereocenters. The van der Waals surface area contributed by atoms with Gasteiger partial charge in [0.2, 0.25) is 0 Å². The Morgan fingerprint density at radius 2 is 1.76 bits per heavy atom. The largest absolute Gasteiger partial charge is 0.497 e. The lowest BCUT2D eigenvalue weighted by Gasteiger charge is -2.36. The summed E-state index contributed by atoms with van der Waals surface area (Å²) in [4.78, 5) is 16.5. The van der Waals surface area contributed by atoms with Crippen LogP contribution in [0.15, 0.2) is 54.6 Å². The van der Waals surface area contributed by atoms with Gasteiger partial charge in [0.25, 0.3) is 0 Å². The molecule has 3 aromatic rings. The predicted octanol–water partition coefficient (Wildman–Crippen LogP) is 4.58. The summed E-state index contributed by atoms with van der Waals surface area (Å²) in [5.41, 5.74) is 0.533. The number of hydrogen-bond acceptors (Lipinski definition) is 4. The molecule has 180 valence electrons. The Kier molecular flexibility index (Phi) is 6.87. The molecular weight excluding hydrogens is 471 g/mol. The van der Waals surface area contributed by atoms with E-state index in [1.807, 2.05) is 24.3 Å². The minimum absolute atomic E-state index is 0.121. The minimum atomic E-state index is -4.61. The van der Waals surface area contributed by atoms with Gasteiger partial charge in [-0.2, -0.15) is 18.3 Å². The second kappa shape index (κ2) is 9.84. The van der Waals surface area contributed by atoms with Crippen LogP contribution in [0.4, 0.5) is 23.7 Å². The lowest BCUT2D eigenvalue weighted by Crippen LogP contribution is -2.51. The Bertz CT molecular complexity index is 1160. The van der Waals surface area contributed by atoms with Crippen molar-refractivity contribution in [1.82, 2.24) is 20.0 Å². The minimum Gasteiger partial charge on any atom is -0.497 e. The molecule has 1 aromatic heterocycles. The van der Waals surface area contributed by atoms with E-state index in [9.17, 15) is 18.0 Å². The number of urea groups is 1. The first-order valence-electron chi connectivity index (χ1n) is 10.6. The van der Waals surface area contributed by atoms with Gasteiger partial charge in [-0.3, -0.25) is 0 Å². The molecule has 0 aliphatic carbocycles. The van der Waals surface area contributed by atoms with Gasteiger partial charge in [-0.1, -0.05) is 23.7 Å². The van der Waals surface area contributed by atoms with Crippen molar-refractivity contribution < 1.29 is 22.7 Å². The number of ether oxygens (including phenoxy) is 1. The van der Waals surface area contributed by atoms with Gasteiger partial charge in [0.1, 0.15) is 5.75 Å². The summed E-state index contributed by atoms with van der Waals surface area (Å²) in [6.07, 6.45) is -4.61. The molecule has 1 saturated heterocycles. The van der Waals surface area contributed by atoms with Gasteiger partial charge in [0.15, 0.2) is 5.69 Å². The number of nitrogens with zero attached hydrogens (tertiary/aromatic N) is 4. The first kappa shape index (κ1) is 23.7. The summed E-state index contributed by atoms with van der Waals surface area (Å²) in [5.74, 6) is 0.757. The van der Waals surface area contributed by atoms with Crippen LogP contribution in [0.2, 0.25) is 5.02 Å². The number of aromatic nitrogens is 2. The molecule has 1 aliphatic rings. The number of benzene rings is 2. The number of carbonyl (C=O) groups excluding carboxylic acids is 1. The van der Waals surface area contributed by atoms with Crippen LogP contribution in [-0.2, 0) is 12.7 Å². The van der Waals surface area contributed by atoms with Gasteiger partial charge in [0.05, 0.1) is 25.0 Å². The molecule has 2 heterocycles. The zero-order chi connectivity index (χ0) is 24.3. The zero-order valence-corrected chi connectivity index (χ0v) is 19.1. The van der Waals surface area contributed by atoms with E-state index in [0.717, 1.165) is 22.2 Å². The van der Waals surface area contributed by atoms with E-state index in [0.29, 0.717) is 36.9 Å². The molecule has 0 saturated carbocycles. The third-order valence-corrected chi connectivity index (χ3v) is 5.77. The maximum atomic E-state index is 13.3. The van der Waals surface area contributed by atoms with E-state index >= 15 is 0 Å². The number of piperazine rings is 1. The number of anilines is 1. The van der Waals surface area contributed by atoms with Gasteiger partial charge < -0.3 is 19.9 Å². The van der Waals surface area contributed by atoms with Crippen molar-refractivity contribution in [1.29, 1.82) is 0 Å². The van der Waals surface area contributed by atoms with E-state index in [4.69, 9.17) is 16.3 Å². The molecule has 2 aromatic carbocycles. The van der Waals surface area contributed by atoms with Crippen LogP contribution < -0.4 is 15.0 Å². The average Bonchev–Trinajstić information content (AvgIpc) is 3.28. The summed E-state index contributed by atoms with van der Waals surface area (Å²) in [6.45, 7) is 2.08. The van der Waals surface area contributed by atoms with E-state index < -0.39 is 11.9 Å². The van der Waals surface area contributed by atoms with E-state index in [2.05, 4.69) is 15.3 Å².